The van der Waals surface area contributed by atoms with Crippen LogP contribution in [-0.4, -0.2) is 39.3 Å². The van der Waals surface area contributed by atoms with E-state index < -0.39 is 27.7 Å². The van der Waals surface area contributed by atoms with Gasteiger partial charge in [-0.3, -0.25) is 4.79 Å². The largest absolute Gasteiger partial charge is 0.497 e. The van der Waals surface area contributed by atoms with E-state index in [0.29, 0.717) is 5.75 Å². The van der Waals surface area contributed by atoms with Crippen molar-refractivity contribution in [2.75, 3.05) is 20.7 Å². The molecule has 1 amide bonds. The third-order valence-electron chi connectivity index (χ3n) is 4.45. The minimum absolute atomic E-state index is 0.0651. The summed E-state index contributed by atoms with van der Waals surface area (Å²) in [7, 11) is -0.746. The molecule has 0 aliphatic heterocycles. The fraction of sp³-hybridized carbons (Fsp3) is 0.350. The van der Waals surface area contributed by atoms with Crippen LogP contribution < -0.4 is 10.1 Å². The Hall–Kier alpha value is -2.52. The van der Waals surface area contributed by atoms with Crippen LogP contribution in [0.15, 0.2) is 47.4 Å². The topological polar surface area (TPSA) is 75.7 Å². The van der Waals surface area contributed by atoms with Crippen LogP contribution in [0.25, 0.3) is 0 Å². The van der Waals surface area contributed by atoms with Gasteiger partial charge in [-0.25, -0.2) is 21.5 Å². The van der Waals surface area contributed by atoms with Crippen molar-refractivity contribution in [2.45, 2.75) is 30.7 Å². The SMILES string of the molecule is COc1ccc(S(=O)(=O)N(C)CCCC(=O)NC(C)c2ccc(F)cc2F)cc1. The number of rotatable bonds is 9. The number of hydrogen-bond donors (Lipinski definition) is 1. The van der Waals surface area contributed by atoms with Gasteiger partial charge in [0, 0.05) is 31.6 Å². The van der Waals surface area contributed by atoms with Crippen molar-refractivity contribution in [3.63, 3.8) is 0 Å². The van der Waals surface area contributed by atoms with Gasteiger partial charge < -0.3 is 10.1 Å². The molecule has 9 heteroatoms. The van der Waals surface area contributed by atoms with Gasteiger partial charge in [0.15, 0.2) is 0 Å². The number of methoxy groups -OCH3 is 1. The minimum Gasteiger partial charge on any atom is -0.497 e. The lowest BCUT2D eigenvalue weighted by atomic mass is 10.1. The third-order valence-corrected chi connectivity index (χ3v) is 6.32. The molecule has 0 bridgehead atoms. The van der Waals surface area contributed by atoms with Crippen molar-refractivity contribution in [1.82, 2.24) is 9.62 Å². The van der Waals surface area contributed by atoms with E-state index in [1.165, 1.54) is 36.7 Å². The first-order chi connectivity index (χ1) is 13.6. The summed E-state index contributed by atoms with van der Waals surface area (Å²) in [6.45, 7) is 1.73. The van der Waals surface area contributed by atoms with Crippen LogP contribution in [0.2, 0.25) is 0 Å². The van der Waals surface area contributed by atoms with E-state index in [1.807, 2.05) is 0 Å². The van der Waals surface area contributed by atoms with Crippen molar-refractivity contribution < 1.29 is 26.7 Å². The number of carbonyl (C=O) groups excluding carboxylic acids is 1. The maximum atomic E-state index is 13.8. The second-order valence-electron chi connectivity index (χ2n) is 6.56. The summed E-state index contributed by atoms with van der Waals surface area (Å²) in [5.74, 6) is -1.22. The highest BCUT2D eigenvalue weighted by Gasteiger charge is 2.21. The van der Waals surface area contributed by atoms with Gasteiger partial charge in [-0.05, 0) is 43.7 Å². The van der Waals surface area contributed by atoms with Gasteiger partial charge in [-0.2, -0.15) is 0 Å². The molecule has 0 radical (unpaired) electrons. The molecule has 0 heterocycles. The average Bonchev–Trinajstić information content (AvgIpc) is 2.67. The van der Waals surface area contributed by atoms with E-state index >= 15 is 0 Å². The van der Waals surface area contributed by atoms with Crippen molar-refractivity contribution in [1.29, 1.82) is 0 Å². The predicted octanol–water partition coefficient (Wildman–Crippen LogP) is 3.25. The van der Waals surface area contributed by atoms with E-state index in [1.54, 1.807) is 19.1 Å². The van der Waals surface area contributed by atoms with E-state index in [4.69, 9.17) is 4.74 Å². The Morgan fingerprint density at radius 2 is 1.83 bits per heavy atom. The first-order valence-corrected chi connectivity index (χ1v) is 10.4. The van der Waals surface area contributed by atoms with Gasteiger partial charge in [0.05, 0.1) is 18.0 Å². The van der Waals surface area contributed by atoms with Gasteiger partial charge in [0.1, 0.15) is 17.4 Å². The predicted molar refractivity (Wildman–Crippen MR) is 105 cm³/mol. The molecule has 0 aliphatic rings. The normalized spacial score (nSPS) is 12.6. The number of nitrogens with zero attached hydrogens (tertiary/aromatic N) is 1. The molecule has 0 fully saturated rings. The van der Waals surface area contributed by atoms with Gasteiger partial charge in [-0.1, -0.05) is 6.07 Å². The van der Waals surface area contributed by atoms with Crippen molar-refractivity contribution >= 4 is 15.9 Å². The summed E-state index contributed by atoms with van der Waals surface area (Å²) in [6.07, 6.45) is 0.353. The molecular weight excluding hydrogens is 402 g/mol. The molecule has 2 aromatic carbocycles. The van der Waals surface area contributed by atoms with Crippen LogP contribution in [-0.2, 0) is 14.8 Å². The molecular formula is C20H24F2N2O4S. The number of benzene rings is 2. The summed E-state index contributed by atoms with van der Waals surface area (Å²) in [5.41, 5.74) is 0.180. The highest BCUT2D eigenvalue weighted by Crippen LogP contribution is 2.20. The lowest BCUT2D eigenvalue weighted by Crippen LogP contribution is -2.30. The van der Waals surface area contributed by atoms with Crippen LogP contribution in [0.5, 0.6) is 5.75 Å². The maximum Gasteiger partial charge on any atom is 0.242 e. The van der Waals surface area contributed by atoms with Crippen LogP contribution in [0.3, 0.4) is 0 Å². The first kappa shape index (κ1) is 22.8. The monoisotopic (exact) mass is 426 g/mol. The first-order valence-electron chi connectivity index (χ1n) is 9.00. The van der Waals surface area contributed by atoms with Crippen LogP contribution in [0, 0.1) is 11.6 Å². The Balaban J connectivity index is 1.86. The number of halogens is 2. The number of hydrogen-bond acceptors (Lipinski definition) is 4. The lowest BCUT2D eigenvalue weighted by Gasteiger charge is -2.18. The van der Waals surface area contributed by atoms with Crippen LogP contribution in [0.4, 0.5) is 8.78 Å². The molecule has 158 valence electrons. The Labute approximate surface area is 169 Å². The molecule has 29 heavy (non-hydrogen) atoms. The van der Waals surface area contributed by atoms with Gasteiger partial charge in [0.25, 0.3) is 0 Å². The molecule has 0 saturated heterocycles. The third kappa shape index (κ3) is 5.98. The van der Waals surface area contributed by atoms with E-state index in [2.05, 4.69) is 5.32 Å². The molecule has 0 aliphatic carbocycles. The zero-order valence-electron chi connectivity index (χ0n) is 16.5. The molecule has 1 N–H and O–H groups in total. The Morgan fingerprint density at radius 1 is 1.17 bits per heavy atom. The summed E-state index contributed by atoms with van der Waals surface area (Å²) < 4.78 is 58.0. The Morgan fingerprint density at radius 3 is 2.41 bits per heavy atom. The molecule has 6 nitrogen and oxygen atoms in total. The van der Waals surface area contributed by atoms with Crippen molar-refractivity contribution in [3.8, 4) is 5.75 Å². The molecule has 0 spiro atoms. The molecule has 1 atom stereocenters. The average molecular weight is 426 g/mol. The molecule has 1 unspecified atom stereocenters. The van der Waals surface area contributed by atoms with E-state index in [-0.39, 0.29) is 35.8 Å². The minimum atomic E-state index is -3.68. The maximum absolute atomic E-state index is 13.8. The summed E-state index contributed by atoms with van der Waals surface area (Å²) in [5, 5.41) is 2.63. The Kier molecular flexibility index (Phi) is 7.69. The second-order valence-corrected chi connectivity index (χ2v) is 8.61. The standard InChI is InChI=1S/C20H24F2N2O4S/c1-14(18-11-6-15(21)13-19(18)22)23-20(25)5-4-12-24(2)29(26,27)17-9-7-16(28-3)8-10-17/h6-11,13-14H,4-5,12H2,1-3H3,(H,23,25). The Bertz CT molecular complexity index is 949. The zero-order valence-corrected chi connectivity index (χ0v) is 17.3. The fourth-order valence-corrected chi connectivity index (χ4v) is 3.96. The summed E-state index contributed by atoms with van der Waals surface area (Å²) in [4.78, 5) is 12.2. The molecule has 2 aromatic rings. The number of amides is 1. The molecule has 2 rings (SSSR count). The number of carbonyl (C=O) groups is 1. The lowest BCUT2D eigenvalue weighted by molar-refractivity contribution is -0.121. The van der Waals surface area contributed by atoms with Gasteiger partial charge in [0.2, 0.25) is 15.9 Å². The van der Waals surface area contributed by atoms with Crippen molar-refractivity contribution in [3.05, 3.63) is 59.7 Å². The number of sulfonamides is 1. The highest BCUT2D eigenvalue weighted by atomic mass is 32.2. The molecule has 0 aromatic heterocycles. The van der Waals surface area contributed by atoms with Gasteiger partial charge in [-0.15, -0.1) is 0 Å². The van der Waals surface area contributed by atoms with Crippen LogP contribution >= 0.6 is 0 Å². The highest BCUT2D eigenvalue weighted by molar-refractivity contribution is 7.89. The quantitative estimate of drug-likeness (QED) is 0.668. The van der Waals surface area contributed by atoms with Gasteiger partial charge >= 0.3 is 0 Å². The second kappa shape index (κ2) is 9.80. The summed E-state index contributed by atoms with van der Waals surface area (Å²) in [6, 6.07) is 8.56. The van der Waals surface area contributed by atoms with E-state index in [0.717, 1.165) is 12.1 Å². The van der Waals surface area contributed by atoms with E-state index in [9.17, 15) is 22.0 Å². The zero-order chi connectivity index (χ0) is 21.6. The van der Waals surface area contributed by atoms with Crippen LogP contribution in [0.1, 0.15) is 31.4 Å². The number of nitrogens with one attached hydrogen (secondary N) is 1. The smallest absolute Gasteiger partial charge is 0.242 e. The fourth-order valence-electron chi connectivity index (χ4n) is 2.75. The molecule has 0 saturated carbocycles. The van der Waals surface area contributed by atoms with Crippen molar-refractivity contribution in [2.24, 2.45) is 0 Å². The number of ether oxygens (including phenoxy) is 1. The summed E-state index contributed by atoms with van der Waals surface area (Å²) >= 11 is 0.